The molecular formula is C22H22N2O3. The highest BCUT2D eigenvalue weighted by Crippen LogP contribution is 2.25. The van der Waals surface area contributed by atoms with Crippen molar-refractivity contribution in [1.82, 2.24) is 0 Å². The normalized spacial score (nSPS) is 10.1. The minimum absolute atomic E-state index is 0.0688. The Morgan fingerprint density at radius 2 is 1.41 bits per heavy atom. The zero-order valence-corrected chi connectivity index (χ0v) is 15.4. The first-order valence-corrected chi connectivity index (χ1v) is 8.64. The molecule has 0 radical (unpaired) electrons. The Morgan fingerprint density at radius 1 is 0.815 bits per heavy atom. The van der Waals surface area contributed by atoms with Crippen LogP contribution in [0, 0.1) is 0 Å². The lowest BCUT2D eigenvalue weighted by molar-refractivity contribution is -0.118. The van der Waals surface area contributed by atoms with Gasteiger partial charge < -0.3 is 19.7 Å². The first kappa shape index (κ1) is 18.3. The van der Waals surface area contributed by atoms with E-state index in [1.54, 1.807) is 12.1 Å². The zero-order chi connectivity index (χ0) is 19.1. The molecule has 0 aliphatic carbocycles. The summed E-state index contributed by atoms with van der Waals surface area (Å²) >= 11 is 0. The summed E-state index contributed by atoms with van der Waals surface area (Å²) < 4.78 is 11.3. The highest BCUT2D eigenvalue weighted by molar-refractivity contribution is 5.95. The molecule has 0 fully saturated rings. The van der Waals surface area contributed by atoms with Crippen LogP contribution in [0.5, 0.6) is 17.2 Å². The van der Waals surface area contributed by atoms with Gasteiger partial charge in [-0.3, -0.25) is 4.79 Å². The molecule has 0 atom stereocenters. The highest BCUT2D eigenvalue weighted by Gasteiger charge is 2.08. The molecule has 27 heavy (non-hydrogen) atoms. The van der Waals surface area contributed by atoms with Gasteiger partial charge in [-0.05, 0) is 48.5 Å². The Morgan fingerprint density at radius 3 is 2.11 bits per heavy atom. The first-order valence-electron chi connectivity index (χ1n) is 8.64. The number of anilines is 2. The van der Waals surface area contributed by atoms with Gasteiger partial charge in [0, 0.05) is 14.1 Å². The number of carbonyl (C=O) groups is 1. The molecule has 0 aliphatic rings. The fraction of sp³-hybridized carbons (Fsp3) is 0.136. The van der Waals surface area contributed by atoms with Gasteiger partial charge in [0.15, 0.2) is 6.61 Å². The van der Waals surface area contributed by atoms with Crippen molar-refractivity contribution in [3.63, 3.8) is 0 Å². The molecule has 5 nitrogen and oxygen atoms in total. The fourth-order valence-corrected chi connectivity index (χ4v) is 2.53. The summed E-state index contributed by atoms with van der Waals surface area (Å²) in [4.78, 5) is 14.1. The van der Waals surface area contributed by atoms with Crippen LogP contribution in [0.3, 0.4) is 0 Å². The SMILES string of the molecule is CN(C)c1ccccc1NC(=O)COc1ccc(Oc2ccccc2)cc1. The summed E-state index contributed by atoms with van der Waals surface area (Å²) in [5.74, 6) is 1.86. The van der Waals surface area contributed by atoms with Gasteiger partial charge in [-0.15, -0.1) is 0 Å². The molecule has 138 valence electrons. The number of amides is 1. The number of nitrogens with zero attached hydrogens (tertiary/aromatic N) is 1. The van der Waals surface area contributed by atoms with Crippen molar-refractivity contribution in [3.05, 3.63) is 78.9 Å². The second kappa shape index (κ2) is 8.76. The van der Waals surface area contributed by atoms with Gasteiger partial charge in [0.1, 0.15) is 17.2 Å². The molecule has 3 aromatic rings. The van der Waals surface area contributed by atoms with Gasteiger partial charge in [-0.1, -0.05) is 30.3 Å². The molecule has 0 bridgehead atoms. The van der Waals surface area contributed by atoms with Gasteiger partial charge in [-0.2, -0.15) is 0 Å². The zero-order valence-electron chi connectivity index (χ0n) is 15.4. The van der Waals surface area contributed by atoms with Gasteiger partial charge in [0.2, 0.25) is 0 Å². The van der Waals surface area contributed by atoms with E-state index in [0.29, 0.717) is 11.5 Å². The van der Waals surface area contributed by atoms with Gasteiger partial charge in [0.25, 0.3) is 5.91 Å². The predicted molar refractivity (Wildman–Crippen MR) is 108 cm³/mol. The van der Waals surface area contributed by atoms with Crippen LogP contribution < -0.4 is 19.7 Å². The fourth-order valence-electron chi connectivity index (χ4n) is 2.53. The third kappa shape index (κ3) is 5.25. The lowest BCUT2D eigenvalue weighted by Crippen LogP contribution is -2.22. The maximum Gasteiger partial charge on any atom is 0.262 e. The Bertz CT molecular complexity index is 878. The quantitative estimate of drug-likeness (QED) is 0.669. The average molecular weight is 362 g/mol. The van der Waals surface area contributed by atoms with E-state index in [-0.39, 0.29) is 12.5 Å². The van der Waals surface area contributed by atoms with Crippen LogP contribution in [0.4, 0.5) is 11.4 Å². The van der Waals surface area contributed by atoms with Crippen molar-refractivity contribution in [2.24, 2.45) is 0 Å². The minimum Gasteiger partial charge on any atom is -0.484 e. The number of para-hydroxylation sites is 3. The number of ether oxygens (including phenoxy) is 2. The van der Waals surface area contributed by atoms with Crippen LogP contribution in [-0.2, 0) is 4.79 Å². The molecule has 1 N–H and O–H groups in total. The monoisotopic (exact) mass is 362 g/mol. The van der Waals surface area contributed by atoms with Crippen molar-refractivity contribution in [1.29, 1.82) is 0 Å². The van der Waals surface area contributed by atoms with Gasteiger partial charge in [0.05, 0.1) is 11.4 Å². The van der Waals surface area contributed by atoms with Crippen LogP contribution in [0.2, 0.25) is 0 Å². The molecule has 1 amide bonds. The maximum absolute atomic E-state index is 12.2. The Balaban J connectivity index is 1.53. The van der Waals surface area contributed by atoms with Crippen LogP contribution in [0.15, 0.2) is 78.9 Å². The van der Waals surface area contributed by atoms with Crippen LogP contribution in [-0.4, -0.2) is 26.6 Å². The highest BCUT2D eigenvalue weighted by atomic mass is 16.5. The lowest BCUT2D eigenvalue weighted by Gasteiger charge is -2.17. The largest absolute Gasteiger partial charge is 0.484 e. The number of nitrogens with one attached hydrogen (secondary N) is 1. The number of hydrogen-bond donors (Lipinski definition) is 1. The molecule has 0 aromatic heterocycles. The van der Waals surface area contributed by atoms with E-state index in [1.165, 1.54) is 0 Å². The van der Waals surface area contributed by atoms with Gasteiger partial charge in [-0.25, -0.2) is 0 Å². The number of benzene rings is 3. The van der Waals surface area contributed by atoms with E-state index in [4.69, 9.17) is 9.47 Å². The molecule has 3 rings (SSSR count). The van der Waals surface area contributed by atoms with Crippen molar-refractivity contribution >= 4 is 17.3 Å². The maximum atomic E-state index is 12.2. The molecule has 3 aromatic carbocycles. The third-order valence-electron chi connectivity index (χ3n) is 3.83. The summed E-state index contributed by atoms with van der Waals surface area (Å²) in [7, 11) is 3.86. The lowest BCUT2D eigenvalue weighted by atomic mass is 10.2. The molecule has 0 spiro atoms. The van der Waals surface area contributed by atoms with Crippen LogP contribution in [0.25, 0.3) is 0 Å². The van der Waals surface area contributed by atoms with E-state index in [0.717, 1.165) is 17.1 Å². The van der Waals surface area contributed by atoms with Crippen LogP contribution >= 0.6 is 0 Å². The van der Waals surface area contributed by atoms with Crippen LogP contribution in [0.1, 0.15) is 0 Å². The second-order valence-corrected chi connectivity index (χ2v) is 6.13. The molecule has 5 heteroatoms. The Hall–Kier alpha value is -3.47. The van der Waals surface area contributed by atoms with E-state index < -0.39 is 0 Å². The summed E-state index contributed by atoms with van der Waals surface area (Å²) in [5, 5.41) is 2.88. The summed E-state index contributed by atoms with van der Waals surface area (Å²) in [6.07, 6.45) is 0. The van der Waals surface area contributed by atoms with Crippen molar-refractivity contribution < 1.29 is 14.3 Å². The molecule has 0 saturated carbocycles. The third-order valence-corrected chi connectivity index (χ3v) is 3.83. The van der Waals surface area contributed by atoms with E-state index >= 15 is 0 Å². The smallest absolute Gasteiger partial charge is 0.262 e. The van der Waals surface area contributed by atoms with E-state index in [9.17, 15) is 4.79 Å². The molecule has 0 aliphatic heterocycles. The predicted octanol–water partition coefficient (Wildman–Crippen LogP) is 4.56. The minimum atomic E-state index is -0.214. The number of hydrogen-bond acceptors (Lipinski definition) is 4. The van der Waals surface area contributed by atoms with Crippen molar-refractivity contribution in [2.75, 3.05) is 30.9 Å². The summed E-state index contributed by atoms with van der Waals surface area (Å²) in [6, 6.07) is 24.3. The molecule has 0 unspecified atom stereocenters. The number of carbonyl (C=O) groups excluding carboxylic acids is 1. The van der Waals surface area contributed by atoms with Gasteiger partial charge >= 0.3 is 0 Å². The number of rotatable bonds is 7. The van der Waals surface area contributed by atoms with Crippen molar-refractivity contribution in [2.45, 2.75) is 0 Å². The summed E-state index contributed by atoms with van der Waals surface area (Å²) in [6.45, 7) is -0.0688. The molecule has 0 saturated heterocycles. The Kier molecular flexibility index (Phi) is 5.94. The summed E-state index contributed by atoms with van der Waals surface area (Å²) in [5.41, 5.74) is 1.69. The Labute approximate surface area is 159 Å². The molecular weight excluding hydrogens is 340 g/mol. The first-order chi connectivity index (χ1) is 13.1. The topological polar surface area (TPSA) is 50.8 Å². The van der Waals surface area contributed by atoms with E-state index in [2.05, 4.69) is 5.32 Å². The average Bonchev–Trinajstić information content (AvgIpc) is 2.68. The second-order valence-electron chi connectivity index (χ2n) is 6.13. The van der Waals surface area contributed by atoms with Crippen molar-refractivity contribution in [3.8, 4) is 17.2 Å². The van der Waals surface area contributed by atoms with E-state index in [1.807, 2.05) is 85.7 Å². The molecule has 0 heterocycles. The standard InChI is InChI=1S/C22H22N2O3/c1-24(2)21-11-7-6-10-20(21)23-22(25)16-26-17-12-14-19(15-13-17)27-18-8-4-3-5-9-18/h3-15H,16H2,1-2H3,(H,23,25).